The Morgan fingerprint density at radius 3 is 2.45 bits per heavy atom. The molecular formula is C17H25NO2. The molecule has 0 radical (unpaired) electrons. The van der Waals surface area contributed by atoms with E-state index in [0.717, 1.165) is 18.9 Å². The van der Waals surface area contributed by atoms with Gasteiger partial charge >= 0.3 is 0 Å². The lowest BCUT2D eigenvalue weighted by Crippen LogP contribution is -2.53. The Morgan fingerprint density at radius 2 is 1.90 bits per heavy atom. The molecule has 1 aromatic rings. The number of ether oxygens (including phenoxy) is 2. The Bertz CT molecular complexity index is 425. The molecule has 20 heavy (non-hydrogen) atoms. The zero-order valence-electron chi connectivity index (χ0n) is 12.5. The first kappa shape index (κ1) is 13.9. The van der Waals surface area contributed by atoms with Gasteiger partial charge in [0.05, 0.1) is 18.8 Å². The lowest BCUT2D eigenvalue weighted by atomic mass is 9.95. The van der Waals surface area contributed by atoms with Crippen molar-refractivity contribution in [3.63, 3.8) is 0 Å². The minimum absolute atomic E-state index is 0.175. The predicted molar refractivity (Wildman–Crippen MR) is 80.1 cm³/mol. The monoisotopic (exact) mass is 275 g/mol. The number of hydrogen-bond acceptors (Lipinski definition) is 3. The van der Waals surface area contributed by atoms with Crippen molar-refractivity contribution in [2.45, 2.75) is 57.3 Å². The van der Waals surface area contributed by atoms with Crippen molar-refractivity contribution in [2.75, 3.05) is 13.2 Å². The summed E-state index contributed by atoms with van der Waals surface area (Å²) in [5.41, 5.74) is 1.51. The third-order valence-electron chi connectivity index (χ3n) is 4.41. The summed E-state index contributed by atoms with van der Waals surface area (Å²) in [6.45, 7) is 5.86. The van der Waals surface area contributed by atoms with Crippen LogP contribution in [0.2, 0.25) is 0 Å². The first-order valence-corrected chi connectivity index (χ1v) is 7.80. The van der Waals surface area contributed by atoms with Gasteiger partial charge in [-0.1, -0.05) is 25.0 Å². The summed E-state index contributed by atoms with van der Waals surface area (Å²) in [5, 5.41) is 3.73. The lowest BCUT2D eigenvalue weighted by Gasteiger charge is -2.38. The smallest absolute Gasteiger partial charge is 0.119 e. The van der Waals surface area contributed by atoms with Crippen LogP contribution in [0.1, 0.15) is 51.2 Å². The molecule has 2 aliphatic rings. The van der Waals surface area contributed by atoms with Crippen molar-refractivity contribution in [3.8, 4) is 5.75 Å². The molecule has 3 nitrogen and oxygen atoms in total. The fourth-order valence-corrected chi connectivity index (χ4v) is 3.30. The topological polar surface area (TPSA) is 30.5 Å². The molecule has 2 fully saturated rings. The highest BCUT2D eigenvalue weighted by atomic mass is 16.5. The molecule has 3 heteroatoms. The maximum absolute atomic E-state index is 6.12. The Morgan fingerprint density at radius 1 is 1.20 bits per heavy atom. The van der Waals surface area contributed by atoms with Crippen molar-refractivity contribution < 1.29 is 9.47 Å². The van der Waals surface area contributed by atoms with Gasteiger partial charge in [0, 0.05) is 12.1 Å². The van der Waals surface area contributed by atoms with Crippen molar-refractivity contribution in [1.82, 2.24) is 5.32 Å². The summed E-state index contributed by atoms with van der Waals surface area (Å²) < 4.78 is 11.8. The van der Waals surface area contributed by atoms with Gasteiger partial charge in [-0.05, 0) is 44.4 Å². The second-order valence-corrected chi connectivity index (χ2v) is 6.40. The standard InChI is InChI=1S/C17H25NO2/c1-13(2)20-15-7-5-14(6-8-15)16-11-18-17(12-19-16)9-3-4-10-17/h5-8,13,16,18H,3-4,9-12H2,1-2H3. The molecule has 1 N–H and O–H groups in total. The fourth-order valence-electron chi connectivity index (χ4n) is 3.30. The molecule has 1 spiro atoms. The van der Waals surface area contributed by atoms with Gasteiger partial charge in [-0.15, -0.1) is 0 Å². The van der Waals surface area contributed by atoms with Gasteiger partial charge in [-0.3, -0.25) is 0 Å². The first-order chi connectivity index (χ1) is 9.67. The summed E-state index contributed by atoms with van der Waals surface area (Å²) in [6, 6.07) is 8.32. The molecule has 1 saturated heterocycles. The van der Waals surface area contributed by atoms with Crippen LogP contribution in [0.5, 0.6) is 5.75 Å². The second kappa shape index (κ2) is 5.74. The van der Waals surface area contributed by atoms with E-state index in [9.17, 15) is 0 Å². The van der Waals surface area contributed by atoms with Crippen LogP contribution in [0.15, 0.2) is 24.3 Å². The van der Waals surface area contributed by atoms with Crippen LogP contribution < -0.4 is 10.1 Å². The van der Waals surface area contributed by atoms with Crippen LogP contribution >= 0.6 is 0 Å². The zero-order chi connectivity index (χ0) is 14.0. The maximum Gasteiger partial charge on any atom is 0.119 e. The highest BCUT2D eigenvalue weighted by Crippen LogP contribution is 2.35. The molecule has 1 atom stereocenters. The first-order valence-electron chi connectivity index (χ1n) is 7.80. The number of hydrogen-bond donors (Lipinski definition) is 1. The Hall–Kier alpha value is -1.06. The molecule has 0 amide bonds. The minimum Gasteiger partial charge on any atom is -0.491 e. The largest absolute Gasteiger partial charge is 0.491 e. The summed E-state index contributed by atoms with van der Waals surface area (Å²) in [5.74, 6) is 0.930. The molecule has 3 rings (SSSR count). The lowest BCUT2D eigenvalue weighted by molar-refractivity contribution is -0.0326. The van der Waals surface area contributed by atoms with Gasteiger partial charge in [-0.25, -0.2) is 0 Å². The van der Waals surface area contributed by atoms with E-state index < -0.39 is 0 Å². The zero-order valence-corrected chi connectivity index (χ0v) is 12.5. The van der Waals surface area contributed by atoms with Crippen LogP contribution in [-0.2, 0) is 4.74 Å². The van der Waals surface area contributed by atoms with Crippen LogP contribution in [0.25, 0.3) is 0 Å². The van der Waals surface area contributed by atoms with Crippen molar-refractivity contribution in [1.29, 1.82) is 0 Å². The number of nitrogens with one attached hydrogen (secondary N) is 1. The molecule has 0 aromatic heterocycles. The SMILES string of the molecule is CC(C)Oc1ccc(C2CNC3(CCCC3)CO2)cc1. The molecule has 1 aliphatic carbocycles. The van der Waals surface area contributed by atoms with Crippen molar-refractivity contribution >= 4 is 0 Å². The van der Waals surface area contributed by atoms with Crippen LogP contribution in [0.4, 0.5) is 0 Å². The van der Waals surface area contributed by atoms with E-state index in [1.54, 1.807) is 0 Å². The average molecular weight is 275 g/mol. The van der Waals surface area contributed by atoms with E-state index >= 15 is 0 Å². The fraction of sp³-hybridized carbons (Fsp3) is 0.647. The molecule has 1 aromatic carbocycles. The highest BCUT2D eigenvalue weighted by Gasteiger charge is 2.38. The van der Waals surface area contributed by atoms with Crippen LogP contribution in [0, 0.1) is 0 Å². The third kappa shape index (κ3) is 2.99. The van der Waals surface area contributed by atoms with E-state index in [1.165, 1.54) is 31.2 Å². The van der Waals surface area contributed by atoms with Gasteiger partial charge in [0.2, 0.25) is 0 Å². The Kier molecular flexibility index (Phi) is 3.99. The number of benzene rings is 1. The van der Waals surface area contributed by atoms with E-state index in [4.69, 9.17) is 9.47 Å². The van der Waals surface area contributed by atoms with E-state index in [1.807, 2.05) is 26.0 Å². The summed E-state index contributed by atoms with van der Waals surface area (Å²) in [6.07, 6.45) is 5.59. The Labute approximate surface area is 121 Å². The van der Waals surface area contributed by atoms with Gasteiger partial charge in [0.25, 0.3) is 0 Å². The molecule has 1 heterocycles. The minimum atomic E-state index is 0.175. The van der Waals surface area contributed by atoms with Gasteiger partial charge in [0.1, 0.15) is 5.75 Å². The molecule has 1 saturated carbocycles. The van der Waals surface area contributed by atoms with E-state index in [2.05, 4.69) is 17.4 Å². The summed E-state index contributed by atoms with van der Waals surface area (Å²) in [4.78, 5) is 0. The van der Waals surface area contributed by atoms with Crippen molar-refractivity contribution in [3.05, 3.63) is 29.8 Å². The number of rotatable bonds is 3. The maximum atomic E-state index is 6.12. The predicted octanol–water partition coefficient (Wildman–Crippen LogP) is 3.45. The van der Waals surface area contributed by atoms with Gasteiger partial charge in [-0.2, -0.15) is 0 Å². The van der Waals surface area contributed by atoms with Crippen LogP contribution in [0.3, 0.4) is 0 Å². The molecule has 1 unspecified atom stereocenters. The van der Waals surface area contributed by atoms with E-state index in [-0.39, 0.29) is 17.7 Å². The summed E-state index contributed by atoms with van der Waals surface area (Å²) >= 11 is 0. The van der Waals surface area contributed by atoms with Crippen molar-refractivity contribution in [2.24, 2.45) is 0 Å². The van der Waals surface area contributed by atoms with Crippen LogP contribution in [-0.4, -0.2) is 24.8 Å². The molecule has 0 bridgehead atoms. The average Bonchev–Trinajstić information content (AvgIpc) is 2.89. The molecular weight excluding hydrogens is 250 g/mol. The molecule has 110 valence electrons. The quantitative estimate of drug-likeness (QED) is 0.916. The number of morpholine rings is 1. The molecule has 1 aliphatic heterocycles. The van der Waals surface area contributed by atoms with E-state index in [0.29, 0.717) is 0 Å². The normalized spacial score (nSPS) is 25.2. The van der Waals surface area contributed by atoms with Gasteiger partial charge in [0.15, 0.2) is 0 Å². The highest BCUT2D eigenvalue weighted by molar-refractivity contribution is 5.29. The van der Waals surface area contributed by atoms with Gasteiger partial charge < -0.3 is 14.8 Å². The third-order valence-corrected chi connectivity index (χ3v) is 4.41. The Balaban J connectivity index is 1.60. The summed E-state index contributed by atoms with van der Waals surface area (Å²) in [7, 11) is 0. The second-order valence-electron chi connectivity index (χ2n) is 6.40.